The molecule has 0 radical (unpaired) electrons. The van der Waals surface area contributed by atoms with Crippen molar-refractivity contribution in [1.82, 2.24) is 5.32 Å². The van der Waals surface area contributed by atoms with Gasteiger partial charge in [0.2, 0.25) is 6.04 Å². The fraction of sp³-hybridized carbons (Fsp3) is 0.100. The number of nitrogens with zero attached hydrogens (tertiary/aromatic N) is 5. The number of nitriles is 1. The lowest BCUT2D eigenvalue weighted by atomic mass is 10.3. The van der Waals surface area contributed by atoms with Crippen LogP contribution in [-0.4, -0.2) is 23.2 Å². The number of hydrogen-bond acceptors (Lipinski definition) is 8. The number of non-ortho nitro benzene ring substituents is 1. The fourth-order valence-corrected chi connectivity index (χ4v) is 1.08. The van der Waals surface area contributed by atoms with E-state index >= 15 is 0 Å². The first-order valence-corrected chi connectivity index (χ1v) is 5.15. The molecule has 10 heteroatoms. The molecule has 3 N–H and O–H groups in total. The van der Waals surface area contributed by atoms with Crippen LogP contribution in [0.4, 0.5) is 11.4 Å². The molecule has 1 aromatic carbocycles. The molecule has 0 aromatic heterocycles. The molecule has 1 unspecified atom stereocenters. The molecule has 1 atom stereocenters. The molecule has 102 valence electrons. The van der Waals surface area contributed by atoms with Gasteiger partial charge in [0.1, 0.15) is 12.4 Å². The number of hydrogen-bond donors (Lipinski definition) is 2. The Morgan fingerprint density at radius 2 is 2.15 bits per heavy atom. The summed E-state index contributed by atoms with van der Waals surface area (Å²) in [6.45, 7) is 0. The van der Waals surface area contributed by atoms with Gasteiger partial charge in [-0.3, -0.25) is 14.9 Å². The lowest BCUT2D eigenvalue weighted by molar-refractivity contribution is -0.384. The number of amides is 1. The topological polar surface area (TPSA) is 159 Å². The fourth-order valence-electron chi connectivity index (χ4n) is 1.08. The Labute approximate surface area is 112 Å². The lowest BCUT2D eigenvalue weighted by Gasteiger charge is -2.00. The first kappa shape index (κ1) is 14.7. The summed E-state index contributed by atoms with van der Waals surface area (Å²) in [4.78, 5) is 21.3. The number of nitrogens with two attached hydrogens (primary N) is 1. The van der Waals surface area contributed by atoms with Gasteiger partial charge in [-0.1, -0.05) is 0 Å². The van der Waals surface area contributed by atoms with Crippen molar-refractivity contribution in [3.05, 3.63) is 34.4 Å². The summed E-state index contributed by atoms with van der Waals surface area (Å²) in [6.07, 6.45) is 0.911. The summed E-state index contributed by atoms with van der Waals surface area (Å²) < 4.78 is 0. The SMILES string of the molecule is N#CC(N=Nc1ccc([N+](=O)[O-])cc1)C(=O)N/C=N/N. The summed E-state index contributed by atoms with van der Waals surface area (Å²) in [5.41, 5.74) is 0.175. The molecule has 0 bridgehead atoms. The van der Waals surface area contributed by atoms with Crippen molar-refractivity contribution < 1.29 is 9.72 Å². The molecule has 1 rings (SSSR count). The van der Waals surface area contributed by atoms with Crippen LogP contribution in [0.1, 0.15) is 0 Å². The number of rotatable bonds is 5. The quantitative estimate of drug-likeness (QED) is 0.200. The highest BCUT2D eigenvalue weighted by Gasteiger charge is 2.15. The summed E-state index contributed by atoms with van der Waals surface area (Å²) in [5, 5.41) is 31.5. The third-order valence-electron chi connectivity index (χ3n) is 2.00. The van der Waals surface area contributed by atoms with Gasteiger partial charge in [0.25, 0.3) is 11.6 Å². The molecule has 20 heavy (non-hydrogen) atoms. The van der Waals surface area contributed by atoms with Gasteiger partial charge in [-0.2, -0.15) is 20.6 Å². The molecule has 0 fully saturated rings. The van der Waals surface area contributed by atoms with Crippen molar-refractivity contribution in [2.24, 2.45) is 21.2 Å². The van der Waals surface area contributed by atoms with Gasteiger partial charge in [0.15, 0.2) is 0 Å². The molecule has 0 aliphatic heterocycles. The van der Waals surface area contributed by atoms with Gasteiger partial charge >= 0.3 is 0 Å². The molecule has 0 saturated carbocycles. The van der Waals surface area contributed by atoms with Crippen LogP contribution in [0.3, 0.4) is 0 Å². The zero-order chi connectivity index (χ0) is 15.0. The van der Waals surface area contributed by atoms with E-state index in [4.69, 9.17) is 11.1 Å². The molecule has 10 nitrogen and oxygen atoms in total. The number of nitro benzene ring substituents is 1. The molecule has 0 saturated heterocycles. The molecule has 1 aromatic rings. The number of nitro groups is 1. The molecular formula is C10H9N7O3. The highest BCUT2D eigenvalue weighted by Crippen LogP contribution is 2.18. The normalized spacial score (nSPS) is 12.2. The van der Waals surface area contributed by atoms with Gasteiger partial charge in [-0.15, -0.1) is 0 Å². The van der Waals surface area contributed by atoms with Gasteiger partial charge in [-0.05, 0) is 12.1 Å². The smallest absolute Gasteiger partial charge is 0.269 e. The van der Waals surface area contributed by atoms with E-state index in [0.717, 1.165) is 6.34 Å². The molecule has 1 amide bonds. The minimum absolute atomic E-state index is 0.0994. The van der Waals surface area contributed by atoms with E-state index in [-0.39, 0.29) is 11.4 Å². The predicted molar refractivity (Wildman–Crippen MR) is 67.8 cm³/mol. The maximum Gasteiger partial charge on any atom is 0.269 e. The van der Waals surface area contributed by atoms with E-state index in [9.17, 15) is 14.9 Å². The van der Waals surface area contributed by atoms with E-state index in [0.29, 0.717) is 0 Å². The highest BCUT2D eigenvalue weighted by molar-refractivity contribution is 5.93. The molecule has 0 spiro atoms. The van der Waals surface area contributed by atoms with Crippen LogP contribution in [0.25, 0.3) is 0 Å². The van der Waals surface area contributed by atoms with Crippen LogP contribution in [0.5, 0.6) is 0 Å². The Morgan fingerprint density at radius 1 is 1.50 bits per heavy atom. The number of carbonyl (C=O) groups is 1. The average Bonchev–Trinajstić information content (AvgIpc) is 2.46. The summed E-state index contributed by atoms with van der Waals surface area (Å²) in [5.74, 6) is 4.04. The van der Waals surface area contributed by atoms with E-state index in [1.54, 1.807) is 6.07 Å². The number of benzene rings is 1. The Kier molecular flexibility index (Phi) is 5.27. The third-order valence-corrected chi connectivity index (χ3v) is 2.00. The Balaban J connectivity index is 2.77. The molecule has 0 aliphatic carbocycles. The van der Waals surface area contributed by atoms with Crippen molar-refractivity contribution in [3.8, 4) is 6.07 Å². The van der Waals surface area contributed by atoms with Gasteiger partial charge in [0.05, 0.1) is 10.6 Å². The monoisotopic (exact) mass is 275 g/mol. The zero-order valence-electron chi connectivity index (χ0n) is 10.0. The maximum absolute atomic E-state index is 11.4. The third kappa shape index (κ3) is 4.15. The van der Waals surface area contributed by atoms with Crippen molar-refractivity contribution >= 4 is 23.6 Å². The minimum Gasteiger partial charge on any atom is -0.322 e. The highest BCUT2D eigenvalue weighted by atomic mass is 16.6. The Morgan fingerprint density at radius 3 is 2.65 bits per heavy atom. The van der Waals surface area contributed by atoms with Crippen LogP contribution in [-0.2, 0) is 4.79 Å². The summed E-state index contributed by atoms with van der Waals surface area (Å²) >= 11 is 0. The van der Waals surface area contributed by atoms with E-state index in [1.165, 1.54) is 24.3 Å². The second-order valence-electron chi connectivity index (χ2n) is 3.31. The number of nitrogens with one attached hydrogen (secondary N) is 1. The molecule has 0 aliphatic rings. The van der Waals surface area contributed by atoms with Crippen molar-refractivity contribution in [2.45, 2.75) is 6.04 Å². The van der Waals surface area contributed by atoms with E-state index < -0.39 is 16.9 Å². The van der Waals surface area contributed by atoms with Crippen LogP contribution in [0, 0.1) is 21.4 Å². The van der Waals surface area contributed by atoms with Crippen LogP contribution in [0.2, 0.25) is 0 Å². The van der Waals surface area contributed by atoms with Crippen molar-refractivity contribution in [3.63, 3.8) is 0 Å². The first-order valence-electron chi connectivity index (χ1n) is 5.15. The lowest BCUT2D eigenvalue weighted by Crippen LogP contribution is -2.31. The van der Waals surface area contributed by atoms with Gasteiger partial charge in [-0.25, -0.2) is 0 Å². The van der Waals surface area contributed by atoms with Crippen molar-refractivity contribution in [2.75, 3.05) is 0 Å². The first-order chi connectivity index (χ1) is 9.58. The summed E-state index contributed by atoms with van der Waals surface area (Å²) in [7, 11) is 0. The van der Waals surface area contributed by atoms with Crippen LogP contribution >= 0.6 is 0 Å². The number of carbonyl (C=O) groups excluding carboxylic acids is 1. The Hall–Kier alpha value is -3.35. The Bertz CT molecular complexity index is 588. The number of azo groups is 1. The largest absolute Gasteiger partial charge is 0.322 e. The second kappa shape index (κ2) is 7.17. The average molecular weight is 275 g/mol. The van der Waals surface area contributed by atoms with Gasteiger partial charge in [0, 0.05) is 12.1 Å². The summed E-state index contributed by atoms with van der Waals surface area (Å²) in [6, 6.07) is 5.41. The molecular weight excluding hydrogens is 266 g/mol. The second-order valence-corrected chi connectivity index (χ2v) is 3.31. The van der Waals surface area contributed by atoms with E-state index in [2.05, 4.69) is 20.6 Å². The predicted octanol–water partition coefficient (Wildman–Crippen LogP) is 0.589. The van der Waals surface area contributed by atoms with Crippen LogP contribution < -0.4 is 11.2 Å². The zero-order valence-corrected chi connectivity index (χ0v) is 10.0. The van der Waals surface area contributed by atoms with Gasteiger partial charge < -0.3 is 11.2 Å². The minimum atomic E-state index is -1.37. The van der Waals surface area contributed by atoms with Crippen molar-refractivity contribution in [1.29, 1.82) is 5.26 Å². The standard InChI is InChI=1S/C10H9N7O3/c11-5-9(10(18)13-6-14-12)16-15-7-1-3-8(4-2-7)17(19)20/h1-4,6,9H,12H2,(H,13,14,18). The maximum atomic E-state index is 11.4. The number of hydrazone groups is 1. The van der Waals surface area contributed by atoms with Crippen LogP contribution in [0.15, 0.2) is 39.6 Å². The molecule has 0 heterocycles. The van der Waals surface area contributed by atoms with E-state index in [1.807, 2.05) is 0 Å².